The number of fused-ring (bicyclic) bond motifs is 1. The molecule has 0 saturated carbocycles. The minimum Gasteiger partial charge on any atom is -0.504 e. The topological polar surface area (TPSA) is 84.1 Å². The van der Waals surface area contributed by atoms with Crippen LogP contribution in [0.5, 0.6) is 11.5 Å². The number of methoxy groups -OCH3 is 1. The lowest BCUT2D eigenvalue weighted by molar-refractivity contribution is 0.0929. The Morgan fingerprint density at radius 3 is 2.79 bits per heavy atom. The van der Waals surface area contributed by atoms with Crippen LogP contribution in [-0.2, 0) is 0 Å². The summed E-state index contributed by atoms with van der Waals surface area (Å²) in [6, 6.07) is 12.4. The van der Waals surface area contributed by atoms with Crippen molar-refractivity contribution in [1.29, 1.82) is 0 Å². The van der Waals surface area contributed by atoms with E-state index in [1.807, 2.05) is 25.1 Å². The molecule has 0 unspecified atom stereocenters. The number of benzene rings is 2. The number of nitrogens with zero attached hydrogens (tertiary/aromatic N) is 1. The number of ether oxygens (including phenoxy) is 1. The Morgan fingerprint density at radius 1 is 1.25 bits per heavy atom. The Hall–Kier alpha value is -3.28. The van der Waals surface area contributed by atoms with Crippen LogP contribution in [0.25, 0.3) is 11.0 Å². The lowest BCUT2D eigenvalue weighted by Crippen LogP contribution is -2.17. The Balaban J connectivity index is 1.79. The number of carbonyl (C=O) groups excluding carboxylic acids is 1. The van der Waals surface area contributed by atoms with Gasteiger partial charge in [-0.2, -0.15) is 5.10 Å². The van der Waals surface area contributed by atoms with Crippen molar-refractivity contribution in [2.24, 2.45) is 5.10 Å². The summed E-state index contributed by atoms with van der Waals surface area (Å²) in [6.07, 6.45) is 1.34. The zero-order valence-corrected chi connectivity index (χ0v) is 13.2. The third-order valence-corrected chi connectivity index (χ3v) is 3.67. The number of hydrazone groups is 1. The summed E-state index contributed by atoms with van der Waals surface area (Å²) >= 11 is 0. The first-order valence-corrected chi connectivity index (χ1v) is 7.29. The average molecular weight is 324 g/mol. The highest BCUT2D eigenvalue weighted by atomic mass is 16.5. The van der Waals surface area contributed by atoms with E-state index in [9.17, 15) is 9.90 Å². The van der Waals surface area contributed by atoms with Gasteiger partial charge in [0.05, 0.1) is 13.3 Å². The first kappa shape index (κ1) is 15.6. The molecule has 3 aromatic rings. The van der Waals surface area contributed by atoms with E-state index in [4.69, 9.17) is 9.15 Å². The van der Waals surface area contributed by atoms with Gasteiger partial charge < -0.3 is 14.3 Å². The van der Waals surface area contributed by atoms with E-state index < -0.39 is 5.91 Å². The Morgan fingerprint density at radius 2 is 2.04 bits per heavy atom. The Bertz CT molecular complexity index is 928. The fraction of sp³-hybridized carbons (Fsp3) is 0.111. The number of aryl methyl sites for hydroxylation is 1. The lowest BCUT2D eigenvalue weighted by Gasteiger charge is -2.04. The minimum atomic E-state index is -0.456. The fourth-order valence-corrected chi connectivity index (χ4v) is 2.41. The third kappa shape index (κ3) is 2.81. The number of phenols is 1. The number of rotatable bonds is 4. The third-order valence-electron chi connectivity index (χ3n) is 3.67. The number of hydrogen-bond donors (Lipinski definition) is 2. The Kier molecular flexibility index (Phi) is 4.20. The van der Waals surface area contributed by atoms with Crippen LogP contribution in [0.2, 0.25) is 0 Å². The maximum atomic E-state index is 12.2. The molecule has 1 heterocycles. The molecule has 3 rings (SSSR count). The van der Waals surface area contributed by atoms with Crippen LogP contribution in [0.3, 0.4) is 0 Å². The van der Waals surface area contributed by atoms with Gasteiger partial charge in [0.25, 0.3) is 0 Å². The zero-order valence-electron chi connectivity index (χ0n) is 13.2. The highest BCUT2D eigenvalue weighted by molar-refractivity contribution is 5.99. The molecule has 122 valence electrons. The summed E-state index contributed by atoms with van der Waals surface area (Å²) in [7, 11) is 1.46. The maximum Gasteiger partial charge on any atom is 0.307 e. The largest absolute Gasteiger partial charge is 0.504 e. The molecule has 0 radical (unpaired) electrons. The van der Waals surface area contributed by atoms with Crippen LogP contribution in [0.4, 0.5) is 0 Å². The van der Waals surface area contributed by atoms with Gasteiger partial charge >= 0.3 is 5.91 Å². The molecular weight excluding hydrogens is 308 g/mol. The molecule has 1 aromatic heterocycles. The molecule has 0 fully saturated rings. The number of nitrogens with one attached hydrogen (secondary N) is 1. The number of para-hydroxylation sites is 2. The Labute approximate surface area is 138 Å². The molecule has 2 aromatic carbocycles. The number of aromatic hydroxyl groups is 1. The molecule has 0 aliphatic rings. The molecule has 2 N–H and O–H groups in total. The van der Waals surface area contributed by atoms with E-state index in [2.05, 4.69) is 10.5 Å². The van der Waals surface area contributed by atoms with E-state index in [1.165, 1.54) is 13.3 Å². The molecule has 24 heavy (non-hydrogen) atoms. The van der Waals surface area contributed by atoms with E-state index in [0.717, 1.165) is 10.9 Å². The average Bonchev–Trinajstić information content (AvgIpc) is 2.94. The summed E-state index contributed by atoms with van der Waals surface area (Å²) in [4.78, 5) is 12.2. The van der Waals surface area contributed by atoms with Crippen LogP contribution in [-0.4, -0.2) is 24.3 Å². The van der Waals surface area contributed by atoms with Crippen molar-refractivity contribution in [2.45, 2.75) is 6.92 Å². The second kappa shape index (κ2) is 6.45. The second-order valence-electron chi connectivity index (χ2n) is 5.15. The summed E-state index contributed by atoms with van der Waals surface area (Å²) in [6.45, 7) is 1.82. The van der Waals surface area contributed by atoms with Gasteiger partial charge in [-0.3, -0.25) is 4.79 Å². The van der Waals surface area contributed by atoms with Crippen molar-refractivity contribution in [1.82, 2.24) is 5.43 Å². The molecule has 0 saturated heterocycles. The molecule has 0 spiro atoms. The normalized spacial score (nSPS) is 11.1. The molecule has 6 nitrogen and oxygen atoms in total. The summed E-state index contributed by atoms with van der Waals surface area (Å²) in [5, 5.41) is 14.7. The lowest BCUT2D eigenvalue weighted by atomic mass is 10.1. The van der Waals surface area contributed by atoms with Gasteiger partial charge in [-0.1, -0.05) is 24.3 Å². The quantitative estimate of drug-likeness (QED) is 0.570. The summed E-state index contributed by atoms with van der Waals surface area (Å²) in [5.74, 6) is 0.0434. The smallest absolute Gasteiger partial charge is 0.307 e. The van der Waals surface area contributed by atoms with Gasteiger partial charge in [0.15, 0.2) is 17.3 Å². The molecule has 1 amide bonds. The van der Waals surface area contributed by atoms with Gasteiger partial charge in [0.2, 0.25) is 0 Å². The van der Waals surface area contributed by atoms with Gasteiger partial charge in [0, 0.05) is 16.5 Å². The van der Waals surface area contributed by atoms with Crippen LogP contribution >= 0.6 is 0 Å². The number of phenolic OH excluding ortho intramolecular Hbond substituents is 1. The van der Waals surface area contributed by atoms with E-state index in [-0.39, 0.29) is 11.5 Å². The van der Waals surface area contributed by atoms with Gasteiger partial charge in [0.1, 0.15) is 5.58 Å². The molecular formula is C18H16N2O4. The first-order chi connectivity index (χ1) is 11.6. The minimum absolute atomic E-state index is 0.0436. The van der Waals surface area contributed by atoms with Gasteiger partial charge in [-0.15, -0.1) is 0 Å². The van der Waals surface area contributed by atoms with Crippen molar-refractivity contribution in [3.05, 3.63) is 59.4 Å². The van der Waals surface area contributed by atoms with Crippen LogP contribution in [0.15, 0.2) is 52.0 Å². The van der Waals surface area contributed by atoms with Crippen LogP contribution in [0, 0.1) is 6.92 Å². The second-order valence-corrected chi connectivity index (χ2v) is 5.15. The van der Waals surface area contributed by atoms with Crippen molar-refractivity contribution in [3.63, 3.8) is 0 Å². The number of furan rings is 1. The number of carbonyl (C=O) groups is 1. The molecule has 0 aliphatic heterocycles. The highest BCUT2D eigenvalue weighted by Crippen LogP contribution is 2.28. The van der Waals surface area contributed by atoms with Crippen molar-refractivity contribution < 1.29 is 19.1 Å². The standard InChI is InChI=1S/C18H16N2O4/c1-11-13-7-3-4-8-14(13)24-17(11)18(22)20-19-10-12-6-5-9-15(23-2)16(12)21/h3-10,21H,1-2H3,(H,20,22)/b19-10+. The van der Waals surface area contributed by atoms with Gasteiger partial charge in [-0.25, -0.2) is 5.43 Å². The monoisotopic (exact) mass is 324 g/mol. The van der Waals surface area contributed by atoms with Crippen molar-refractivity contribution in [2.75, 3.05) is 7.11 Å². The SMILES string of the molecule is COc1cccc(/C=N/NC(=O)c2oc3ccccc3c2C)c1O. The number of hydrogen-bond acceptors (Lipinski definition) is 5. The fourth-order valence-electron chi connectivity index (χ4n) is 2.41. The van der Waals surface area contributed by atoms with Crippen molar-refractivity contribution in [3.8, 4) is 11.5 Å². The van der Waals surface area contributed by atoms with E-state index in [1.54, 1.807) is 24.3 Å². The number of amides is 1. The first-order valence-electron chi connectivity index (χ1n) is 7.29. The summed E-state index contributed by atoms with van der Waals surface area (Å²) in [5.41, 5.74) is 4.23. The predicted molar refractivity (Wildman–Crippen MR) is 90.7 cm³/mol. The van der Waals surface area contributed by atoms with Crippen molar-refractivity contribution >= 4 is 23.1 Å². The molecule has 0 atom stereocenters. The summed E-state index contributed by atoms with van der Waals surface area (Å²) < 4.78 is 10.6. The van der Waals surface area contributed by atoms with Gasteiger partial charge in [-0.05, 0) is 25.1 Å². The van der Waals surface area contributed by atoms with Crippen LogP contribution < -0.4 is 10.2 Å². The zero-order chi connectivity index (χ0) is 17.1. The predicted octanol–water partition coefficient (Wildman–Crippen LogP) is 3.22. The highest BCUT2D eigenvalue weighted by Gasteiger charge is 2.16. The molecule has 0 bridgehead atoms. The maximum absolute atomic E-state index is 12.2. The molecule has 6 heteroatoms. The van der Waals surface area contributed by atoms with E-state index in [0.29, 0.717) is 16.9 Å². The molecule has 0 aliphatic carbocycles. The van der Waals surface area contributed by atoms with Crippen LogP contribution in [0.1, 0.15) is 21.7 Å². The van der Waals surface area contributed by atoms with E-state index >= 15 is 0 Å².